The highest BCUT2D eigenvalue weighted by atomic mass is 15.3. The van der Waals surface area contributed by atoms with Crippen LogP contribution >= 0.6 is 0 Å². The molecular weight excluding hydrogens is 236 g/mol. The van der Waals surface area contributed by atoms with Gasteiger partial charge in [-0.25, -0.2) is 0 Å². The van der Waals surface area contributed by atoms with Gasteiger partial charge in [0.25, 0.3) is 0 Å². The number of fused-ring (bicyclic) bond motifs is 1. The van der Waals surface area contributed by atoms with Gasteiger partial charge in [0, 0.05) is 25.8 Å². The van der Waals surface area contributed by atoms with Crippen molar-refractivity contribution < 1.29 is 0 Å². The fourth-order valence-electron chi connectivity index (χ4n) is 2.77. The zero-order valence-electron chi connectivity index (χ0n) is 12.1. The van der Waals surface area contributed by atoms with Crippen LogP contribution in [0.4, 0.5) is 5.69 Å². The van der Waals surface area contributed by atoms with Gasteiger partial charge in [0.05, 0.1) is 6.04 Å². The second kappa shape index (κ2) is 5.51. The first-order valence-electron chi connectivity index (χ1n) is 6.88. The SMILES string of the molecule is CC(C)CN(CC1Cc2ccccc2N1C)C(=N)N. The number of rotatable bonds is 4. The minimum atomic E-state index is 0.179. The fraction of sp³-hybridized carbons (Fsp3) is 0.533. The molecule has 0 aliphatic carbocycles. The second-order valence-corrected chi connectivity index (χ2v) is 5.78. The maximum atomic E-state index is 7.72. The zero-order chi connectivity index (χ0) is 14.0. The minimum absolute atomic E-state index is 0.179. The fourth-order valence-corrected chi connectivity index (χ4v) is 2.77. The van der Waals surface area contributed by atoms with Gasteiger partial charge in [-0.1, -0.05) is 32.0 Å². The van der Waals surface area contributed by atoms with Crippen LogP contribution in [0.25, 0.3) is 0 Å². The molecule has 0 bridgehead atoms. The summed E-state index contributed by atoms with van der Waals surface area (Å²) in [6, 6.07) is 8.92. The van der Waals surface area contributed by atoms with Crippen molar-refractivity contribution in [3.05, 3.63) is 29.8 Å². The van der Waals surface area contributed by atoms with Gasteiger partial charge in [-0.05, 0) is 24.0 Å². The molecule has 1 aromatic carbocycles. The van der Waals surface area contributed by atoms with Gasteiger partial charge in [0.1, 0.15) is 0 Å². The van der Waals surface area contributed by atoms with Crippen LogP contribution in [-0.4, -0.2) is 37.0 Å². The maximum absolute atomic E-state index is 7.72. The topological polar surface area (TPSA) is 56.4 Å². The molecule has 3 N–H and O–H groups in total. The molecule has 4 heteroatoms. The number of nitrogens with two attached hydrogens (primary N) is 1. The highest BCUT2D eigenvalue weighted by Gasteiger charge is 2.28. The lowest BCUT2D eigenvalue weighted by molar-refractivity contribution is 0.336. The lowest BCUT2D eigenvalue weighted by Gasteiger charge is -2.31. The summed E-state index contributed by atoms with van der Waals surface area (Å²) < 4.78 is 0. The summed E-state index contributed by atoms with van der Waals surface area (Å²) in [6.45, 7) is 5.97. The zero-order valence-corrected chi connectivity index (χ0v) is 12.1. The Balaban J connectivity index is 2.06. The number of guanidine groups is 1. The number of likely N-dealkylation sites (N-methyl/N-ethyl adjacent to an activating group) is 1. The molecule has 0 aromatic heterocycles. The normalized spacial score (nSPS) is 17.7. The molecule has 1 heterocycles. The van der Waals surface area contributed by atoms with Crippen LogP contribution in [0.2, 0.25) is 0 Å². The standard InChI is InChI=1S/C15H24N4/c1-11(2)9-19(15(16)17)10-13-8-12-6-4-5-7-14(12)18(13)3/h4-7,11,13H,8-10H2,1-3H3,(H3,16,17). The second-order valence-electron chi connectivity index (χ2n) is 5.78. The molecule has 1 aliphatic rings. The summed E-state index contributed by atoms with van der Waals surface area (Å²) in [7, 11) is 2.13. The van der Waals surface area contributed by atoms with Crippen LogP contribution in [-0.2, 0) is 6.42 Å². The average Bonchev–Trinajstić information content (AvgIpc) is 2.65. The molecular formula is C15H24N4. The summed E-state index contributed by atoms with van der Waals surface area (Å²) in [5, 5.41) is 7.72. The van der Waals surface area contributed by atoms with Crippen LogP contribution in [0, 0.1) is 11.3 Å². The number of hydrogen-bond donors (Lipinski definition) is 2. The lowest BCUT2D eigenvalue weighted by Crippen LogP contribution is -2.47. The first kappa shape index (κ1) is 13.7. The highest BCUT2D eigenvalue weighted by Crippen LogP contribution is 2.30. The third-order valence-electron chi connectivity index (χ3n) is 3.73. The van der Waals surface area contributed by atoms with Gasteiger partial charge in [0.15, 0.2) is 5.96 Å². The van der Waals surface area contributed by atoms with Crippen LogP contribution in [0.5, 0.6) is 0 Å². The summed E-state index contributed by atoms with van der Waals surface area (Å²) in [4.78, 5) is 4.29. The van der Waals surface area contributed by atoms with E-state index in [9.17, 15) is 0 Å². The summed E-state index contributed by atoms with van der Waals surface area (Å²) in [5.41, 5.74) is 8.40. The molecule has 4 nitrogen and oxygen atoms in total. The molecule has 1 aromatic rings. The number of nitrogens with one attached hydrogen (secondary N) is 1. The van der Waals surface area contributed by atoms with E-state index in [1.54, 1.807) is 0 Å². The Labute approximate surface area is 115 Å². The van der Waals surface area contributed by atoms with Gasteiger partial charge in [-0.2, -0.15) is 0 Å². The van der Waals surface area contributed by atoms with Crippen LogP contribution < -0.4 is 10.6 Å². The summed E-state index contributed by atoms with van der Waals surface area (Å²) >= 11 is 0. The van der Waals surface area contributed by atoms with Crippen LogP contribution in [0.15, 0.2) is 24.3 Å². The number of benzene rings is 1. The highest BCUT2D eigenvalue weighted by molar-refractivity contribution is 5.74. The van der Waals surface area contributed by atoms with E-state index >= 15 is 0 Å². The lowest BCUT2D eigenvalue weighted by atomic mass is 10.1. The number of hydrogen-bond acceptors (Lipinski definition) is 2. The Hall–Kier alpha value is -1.71. The van der Waals surface area contributed by atoms with Crippen LogP contribution in [0.3, 0.4) is 0 Å². The van der Waals surface area contributed by atoms with Crippen molar-refractivity contribution in [2.45, 2.75) is 26.3 Å². The molecule has 0 radical (unpaired) electrons. The Kier molecular flexibility index (Phi) is 3.98. The molecule has 0 amide bonds. The van der Waals surface area contributed by atoms with E-state index in [-0.39, 0.29) is 5.96 Å². The van der Waals surface area contributed by atoms with Crippen molar-refractivity contribution in [2.24, 2.45) is 11.7 Å². The van der Waals surface area contributed by atoms with Crippen molar-refractivity contribution in [1.29, 1.82) is 5.41 Å². The molecule has 19 heavy (non-hydrogen) atoms. The first-order chi connectivity index (χ1) is 8.99. The van der Waals surface area contributed by atoms with E-state index in [0.717, 1.165) is 19.5 Å². The Morgan fingerprint density at radius 1 is 1.47 bits per heavy atom. The van der Waals surface area contributed by atoms with Crippen LogP contribution in [0.1, 0.15) is 19.4 Å². The Morgan fingerprint density at radius 3 is 2.74 bits per heavy atom. The van der Waals surface area contributed by atoms with E-state index in [4.69, 9.17) is 11.1 Å². The van der Waals surface area contributed by atoms with Crippen molar-refractivity contribution >= 4 is 11.6 Å². The molecule has 104 valence electrons. The monoisotopic (exact) mass is 260 g/mol. The molecule has 0 saturated carbocycles. The van der Waals surface area contributed by atoms with Crippen molar-refractivity contribution in [3.63, 3.8) is 0 Å². The minimum Gasteiger partial charge on any atom is -0.370 e. The molecule has 2 rings (SSSR count). The quantitative estimate of drug-likeness (QED) is 0.642. The largest absolute Gasteiger partial charge is 0.370 e. The molecule has 1 atom stereocenters. The van der Waals surface area contributed by atoms with Crippen molar-refractivity contribution in [3.8, 4) is 0 Å². The smallest absolute Gasteiger partial charge is 0.188 e. The third-order valence-corrected chi connectivity index (χ3v) is 3.73. The van der Waals surface area contributed by atoms with Crippen molar-refractivity contribution in [2.75, 3.05) is 25.0 Å². The van der Waals surface area contributed by atoms with Gasteiger partial charge < -0.3 is 15.5 Å². The predicted molar refractivity (Wildman–Crippen MR) is 80.7 cm³/mol. The Bertz CT molecular complexity index is 455. The van der Waals surface area contributed by atoms with Gasteiger partial charge in [-0.3, -0.25) is 5.41 Å². The molecule has 0 fully saturated rings. The maximum Gasteiger partial charge on any atom is 0.188 e. The number of anilines is 1. The van der Waals surface area contributed by atoms with E-state index in [2.05, 4.69) is 50.1 Å². The number of para-hydroxylation sites is 1. The molecule has 1 unspecified atom stereocenters. The van der Waals surface area contributed by atoms with Gasteiger partial charge in [0.2, 0.25) is 0 Å². The predicted octanol–water partition coefficient (Wildman–Crippen LogP) is 1.90. The third kappa shape index (κ3) is 3.00. The summed E-state index contributed by atoms with van der Waals surface area (Å²) in [6.07, 6.45) is 1.04. The summed E-state index contributed by atoms with van der Waals surface area (Å²) in [5.74, 6) is 0.691. The first-order valence-corrected chi connectivity index (χ1v) is 6.88. The van der Waals surface area contributed by atoms with E-state index < -0.39 is 0 Å². The molecule has 1 aliphatic heterocycles. The Morgan fingerprint density at radius 2 is 2.16 bits per heavy atom. The van der Waals surface area contributed by atoms with Gasteiger partial charge in [-0.15, -0.1) is 0 Å². The molecule has 0 saturated heterocycles. The van der Waals surface area contributed by atoms with Crippen molar-refractivity contribution in [1.82, 2.24) is 4.90 Å². The molecule has 0 spiro atoms. The van der Waals surface area contributed by atoms with E-state index in [0.29, 0.717) is 12.0 Å². The average molecular weight is 260 g/mol. The van der Waals surface area contributed by atoms with E-state index in [1.165, 1.54) is 11.3 Å². The van der Waals surface area contributed by atoms with E-state index in [1.807, 2.05) is 4.90 Å². The number of nitrogens with zero attached hydrogens (tertiary/aromatic N) is 2. The van der Waals surface area contributed by atoms with Gasteiger partial charge >= 0.3 is 0 Å².